The van der Waals surface area contributed by atoms with Gasteiger partial charge in [0.25, 0.3) is 5.91 Å². The SMILES string of the molecule is CC(C)(C)C(NC(=O)c1c(F)cc(O)c(O)c1Cl)C(=O)NC1Cc2ccc(F)c(C(=O)O)c2OB1O. The van der Waals surface area contributed by atoms with Crippen LogP contribution in [0.15, 0.2) is 18.2 Å². The van der Waals surface area contributed by atoms with E-state index >= 15 is 0 Å². The van der Waals surface area contributed by atoms with Gasteiger partial charge in [-0.25, -0.2) is 13.6 Å². The predicted octanol–water partition coefficient (Wildman–Crippen LogP) is 2.01. The third-order valence-corrected chi connectivity index (χ3v) is 5.92. The number of rotatable bonds is 5. The van der Waals surface area contributed by atoms with E-state index in [1.165, 1.54) is 6.07 Å². The minimum atomic E-state index is -1.75. The largest absolute Gasteiger partial charge is 0.547 e. The summed E-state index contributed by atoms with van der Waals surface area (Å²) in [5, 5.41) is 42.9. The van der Waals surface area contributed by atoms with Crippen molar-refractivity contribution in [3.05, 3.63) is 51.5 Å². The normalized spacial score (nSPS) is 16.0. The molecule has 2 aromatic carbocycles. The summed E-state index contributed by atoms with van der Waals surface area (Å²) in [6, 6.07) is 1.34. The third kappa shape index (κ3) is 5.16. The standard InChI is InChI=1S/C22H22BClF2N2O8/c1-22(2,3)18(28-19(31)13-10(26)7-11(29)16(30)15(13)24)20(32)27-12-6-8-4-5-9(25)14(21(33)34)17(8)36-23(12)35/h4-5,7,12,18,29-30,35H,6H2,1-3H3,(H,27,32)(H,28,31)(H,33,34). The number of hydrogen-bond donors (Lipinski definition) is 6. The summed E-state index contributed by atoms with van der Waals surface area (Å²) < 4.78 is 33.5. The van der Waals surface area contributed by atoms with Gasteiger partial charge in [-0.1, -0.05) is 38.4 Å². The van der Waals surface area contributed by atoms with Crippen LogP contribution in [-0.4, -0.2) is 57.2 Å². The van der Waals surface area contributed by atoms with Gasteiger partial charge >= 0.3 is 13.1 Å². The van der Waals surface area contributed by atoms with E-state index in [9.17, 15) is 43.5 Å². The summed E-state index contributed by atoms with van der Waals surface area (Å²) in [5.41, 5.74) is -2.30. The number of phenols is 2. The lowest BCUT2D eigenvalue weighted by molar-refractivity contribution is -0.125. The Balaban J connectivity index is 1.85. The number of halogens is 3. The minimum absolute atomic E-state index is 0.125. The lowest BCUT2D eigenvalue weighted by Gasteiger charge is -2.34. The van der Waals surface area contributed by atoms with Crippen molar-refractivity contribution in [3.8, 4) is 17.2 Å². The summed E-state index contributed by atoms with van der Waals surface area (Å²) in [7, 11) is -1.75. The summed E-state index contributed by atoms with van der Waals surface area (Å²) in [5.74, 6) is -9.14. The summed E-state index contributed by atoms with van der Waals surface area (Å²) in [6.45, 7) is 4.78. The quantitative estimate of drug-likeness (QED) is 0.254. The average molecular weight is 527 g/mol. The highest BCUT2D eigenvalue weighted by atomic mass is 35.5. The highest BCUT2D eigenvalue weighted by molar-refractivity contribution is 6.47. The molecule has 2 atom stereocenters. The molecule has 1 aliphatic rings. The van der Waals surface area contributed by atoms with Crippen molar-refractivity contribution in [2.24, 2.45) is 5.41 Å². The Morgan fingerprint density at radius 3 is 2.39 bits per heavy atom. The fourth-order valence-electron chi connectivity index (χ4n) is 3.71. The number of carboxylic acid groups (broad SMARTS) is 1. The van der Waals surface area contributed by atoms with Crippen molar-refractivity contribution in [1.82, 2.24) is 10.6 Å². The van der Waals surface area contributed by atoms with E-state index in [1.807, 2.05) is 0 Å². The molecule has 0 saturated heterocycles. The number of amides is 2. The summed E-state index contributed by atoms with van der Waals surface area (Å²) in [4.78, 5) is 37.3. The van der Waals surface area contributed by atoms with Crippen molar-refractivity contribution in [3.63, 3.8) is 0 Å². The molecule has 2 aromatic rings. The van der Waals surface area contributed by atoms with Gasteiger partial charge in [0.05, 0.1) is 11.5 Å². The second-order valence-electron chi connectivity index (χ2n) is 9.23. The van der Waals surface area contributed by atoms with Gasteiger partial charge in [-0.3, -0.25) is 9.59 Å². The zero-order valence-corrected chi connectivity index (χ0v) is 20.0. The van der Waals surface area contributed by atoms with Gasteiger partial charge in [0, 0.05) is 6.07 Å². The van der Waals surface area contributed by atoms with Crippen molar-refractivity contribution in [2.75, 3.05) is 0 Å². The van der Waals surface area contributed by atoms with Crippen molar-refractivity contribution < 1.29 is 48.2 Å². The molecule has 0 saturated carbocycles. The molecule has 0 fully saturated rings. The van der Waals surface area contributed by atoms with Crippen LogP contribution in [0.1, 0.15) is 47.1 Å². The summed E-state index contributed by atoms with van der Waals surface area (Å²) >= 11 is 5.82. The van der Waals surface area contributed by atoms with E-state index in [1.54, 1.807) is 20.8 Å². The van der Waals surface area contributed by atoms with Crippen molar-refractivity contribution in [1.29, 1.82) is 0 Å². The fourth-order valence-corrected chi connectivity index (χ4v) is 3.98. The molecule has 6 N–H and O–H groups in total. The fraction of sp³-hybridized carbons (Fsp3) is 0.318. The van der Waals surface area contributed by atoms with Crippen LogP contribution >= 0.6 is 11.6 Å². The molecule has 2 amide bonds. The molecule has 1 aliphatic heterocycles. The molecular formula is C22H22BClF2N2O8. The second-order valence-corrected chi connectivity index (χ2v) is 9.61. The molecule has 1 heterocycles. The zero-order chi connectivity index (χ0) is 27.1. The summed E-state index contributed by atoms with van der Waals surface area (Å²) in [6.07, 6.45) is -0.125. The van der Waals surface area contributed by atoms with Crippen molar-refractivity contribution in [2.45, 2.75) is 39.2 Å². The number of aromatic hydroxyl groups is 2. The number of aromatic carboxylic acids is 1. The Kier molecular flexibility index (Phi) is 7.37. The molecule has 0 radical (unpaired) electrons. The Labute approximate surface area is 209 Å². The molecule has 0 aromatic heterocycles. The minimum Gasteiger partial charge on any atom is -0.534 e. The van der Waals surface area contributed by atoms with E-state index < -0.39 is 81.6 Å². The molecule has 36 heavy (non-hydrogen) atoms. The molecule has 14 heteroatoms. The Morgan fingerprint density at radius 2 is 1.81 bits per heavy atom. The lowest BCUT2D eigenvalue weighted by atomic mass is 9.71. The van der Waals surface area contributed by atoms with Crippen molar-refractivity contribution >= 4 is 36.5 Å². The molecule has 10 nitrogen and oxygen atoms in total. The van der Waals surface area contributed by atoms with Gasteiger partial charge in [-0.2, -0.15) is 0 Å². The number of carbonyl (C=O) groups excluding carboxylic acids is 2. The maximum atomic E-state index is 14.3. The smallest absolute Gasteiger partial charge is 0.534 e. The molecule has 2 unspecified atom stereocenters. The Morgan fingerprint density at radius 1 is 1.17 bits per heavy atom. The first kappa shape index (κ1) is 27.0. The van der Waals surface area contributed by atoms with Gasteiger partial charge in [0.15, 0.2) is 11.5 Å². The van der Waals surface area contributed by atoms with Gasteiger partial charge in [0.1, 0.15) is 34.0 Å². The van der Waals surface area contributed by atoms with Crippen LogP contribution < -0.4 is 15.3 Å². The maximum absolute atomic E-state index is 14.3. The van der Waals surface area contributed by atoms with E-state index in [-0.39, 0.29) is 17.7 Å². The van der Waals surface area contributed by atoms with Gasteiger partial charge in [-0.05, 0) is 23.5 Å². The molecular weight excluding hydrogens is 505 g/mol. The zero-order valence-electron chi connectivity index (χ0n) is 19.2. The van der Waals surface area contributed by atoms with E-state index in [0.29, 0.717) is 6.07 Å². The van der Waals surface area contributed by atoms with Crippen LogP contribution in [0.3, 0.4) is 0 Å². The molecule has 0 bridgehead atoms. The number of phenolic OH excluding ortho intramolecular Hbond substituents is 2. The highest BCUT2D eigenvalue weighted by Gasteiger charge is 2.42. The second kappa shape index (κ2) is 9.82. The molecule has 3 rings (SSSR count). The molecule has 192 valence electrons. The number of carbonyl (C=O) groups is 3. The number of hydrogen-bond acceptors (Lipinski definition) is 7. The number of benzene rings is 2. The number of carboxylic acids is 1. The van der Waals surface area contributed by atoms with Crippen LogP contribution in [0, 0.1) is 17.0 Å². The highest BCUT2D eigenvalue weighted by Crippen LogP contribution is 2.37. The Bertz CT molecular complexity index is 1250. The van der Waals surface area contributed by atoms with E-state index in [2.05, 4.69) is 10.6 Å². The maximum Gasteiger partial charge on any atom is 0.547 e. The van der Waals surface area contributed by atoms with E-state index in [4.69, 9.17) is 16.3 Å². The van der Waals surface area contributed by atoms with Crippen LogP contribution in [0.2, 0.25) is 5.02 Å². The molecule has 0 spiro atoms. The van der Waals surface area contributed by atoms with Crippen LogP contribution in [0.25, 0.3) is 0 Å². The Hall–Kier alpha value is -3.58. The number of fused-ring (bicyclic) bond motifs is 1. The molecule has 0 aliphatic carbocycles. The topological polar surface area (TPSA) is 165 Å². The van der Waals surface area contributed by atoms with Gasteiger partial charge in [-0.15, -0.1) is 0 Å². The third-order valence-electron chi connectivity index (χ3n) is 5.56. The lowest BCUT2D eigenvalue weighted by Crippen LogP contribution is -2.60. The predicted molar refractivity (Wildman–Crippen MR) is 123 cm³/mol. The first-order valence-electron chi connectivity index (χ1n) is 10.5. The monoisotopic (exact) mass is 526 g/mol. The van der Waals surface area contributed by atoms with Crippen LogP contribution in [0.5, 0.6) is 17.2 Å². The van der Waals surface area contributed by atoms with Gasteiger partial charge in [0.2, 0.25) is 5.91 Å². The first-order valence-corrected chi connectivity index (χ1v) is 10.9. The first-order chi connectivity index (χ1) is 16.6. The van der Waals surface area contributed by atoms with Crippen LogP contribution in [0.4, 0.5) is 8.78 Å². The van der Waals surface area contributed by atoms with Gasteiger partial charge < -0.3 is 35.6 Å². The van der Waals surface area contributed by atoms with E-state index in [0.717, 1.165) is 6.07 Å². The average Bonchev–Trinajstić information content (AvgIpc) is 2.75. The van der Waals surface area contributed by atoms with Crippen LogP contribution in [-0.2, 0) is 11.2 Å². The number of nitrogens with one attached hydrogen (secondary N) is 2.